The number of anilines is 1. The van der Waals surface area contributed by atoms with E-state index in [4.69, 9.17) is 4.42 Å². The van der Waals surface area contributed by atoms with Gasteiger partial charge in [0.1, 0.15) is 11.6 Å². The van der Waals surface area contributed by atoms with Crippen molar-refractivity contribution >= 4 is 17.2 Å². The van der Waals surface area contributed by atoms with E-state index in [0.29, 0.717) is 28.6 Å². The van der Waals surface area contributed by atoms with Gasteiger partial charge in [0, 0.05) is 12.1 Å². The molecule has 3 rings (SSSR count). The second kappa shape index (κ2) is 5.01. The standard InChI is InChI=1S/C14H15N5O2/c1-8(2)12-11(15-7-21-12)14(20)17-10-5-4-6-19-13(10)16-9(3)18-19/h4-8H,1-3H3,(H,17,20). The summed E-state index contributed by atoms with van der Waals surface area (Å²) in [5.74, 6) is 0.971. The Morgan fingerprint density at radius 3 is 3.00 bits per heavy atom. The number of hydrogen-bond donors (Lipinski definition) is 1. The van der Waals surface area contributed by atoms with Gasteiger partial charge in [-0.05, 0) is 19.1 Å². The Bertz CT molecular complexity index is 803. The van der Waals surface area contributed by atoms with Crippen LogP contribution in [0.1, 0.15) is 41.8 Å². The van der Waals surface area contributed by atoms with Crippen LogP contribution in [0.15, 0.2) is 29.1 Å². The number of pyridine rings is 1. The zero-order valence-corrected chi connectivity index (χ0v) is 12.0. The van der Waals surface area contributed by atoms with Crippen molar-refractivity contribution < 1.29 is 9.21 Å². The van der Waals surface area contributed by atoms with E-state index in [-0.39, 0.29) is 11.8 Å². The predicted molar refractivity (Wildman–Crippen MR) is 76.3 cm³/mol. The lowest BCUT2D eigenvalue weighted by atomic mass is 10.1. The average Bonchev–Trinajstić information content (AvgIpc) is 3.04. The largest absolute Gasteiger partial charge is 0.447 e. The number of carbonyl (C=O) groups is 1. The number of nitrogens with one attached hydrogen (secondary N) is 1. The molecule has 0 unspecified atom stereocenters. The molecule has 3 heterocycles. The van der Waals surface area contributed by atoms with Crippen LogP contribution in [-0.4, -0.2) is 25.5 Å². The second-order valence-electron chi connectivity index (χ2n) is 5.02. The first-order chi connectivity index (χ1) is 10.1. The molecular weight excluding hydrogens is 270 g/mol. The third kappa shape index (κ3) is 2.37. The van der Waals surface area contributed by atoms with Gasteiger partial charge in [-0.25, -0.2) is 14.5 Å². The van der Waals surface area contributed by atoms with Crippen LogP contribution >= 0.6 is 0 Å². The third-order valence-corrected chi connectivity index (χ3v) is 3.05. The van der Waals surface area contributed by atoms with Gasteiger partial charge in [-0.3, -0.25) is 4.79 Å². The summed E-state index contributed by atoms with van der Waals surface area (Å²) in [7, 11) is 0. The molecule has 0 aliphatic rings. The predicted octanol–water partition coefficient (Wildman–Crippen LogP) is 2.40. The molecule has 0 atom stereocenters. The van der Waals surface area contributed by atoms with Crippen LogP contribution in [0.3, 0.4) is 0 Å². The number of aryl methyl sites for hydroxylation is 1. The van der Waals surface area contributed by atoms with E-state index >= 15 is 0 Å². The van der Waals surface area contributed by atoms with Crippen molar-refractivity contribution in [3.63, 3.8) is 0 Å². The molecule has 7 nitrogen and oxygen atoms in total. The zero-order valence-electron chi connectivity index (χ0n) is 12.0. The third-order valence-electron chi connectivity index (χ3n) is 3.05. The van der Waals surface area contributed by atoms with Crippen LogP contribution in [0.5, 0.6) is 0 Å². The first-order valence-electron chi connectivity index (χ1n) is 6.63. The van der Waals surface area contributed by atoms with Gasteiger partial charge in [0.25, 0.3) is 5.91 Å². The van der Waals surface area contributed by atoms with Gasteiger partial charge in [-0.2, -0.15) is 5.10 Å². The number of rotatable bonds is 3. The summed E-state index contributed by atoms with van der Waals surface area (Å²) < 4.78 is 6.89. The molecule has 0 aliphatic carbocycles. The molecule has 1 N–H and O–H groups in total. The monoisotopic (exact) mass is 285 g/mol. The lowest BCUT2D eigenvalue weighted by Crippen LogP contribution is -2.15. The molecule has 0 aliphatic heterocycles. The highest BCUT2D eigenvalue weighted by atomic mass is 16.3. The Morgan fingerprint density at radius 1 is 1.43 bits per heavy atom. The molecule has 0 fully saturated rings. The highest BCUT2D eigenvalue weighted by Crippen LogP contribution is 2.21. The van der Waals surface area contributed by atoms with Gasteiger partial charge < -0.3 is 9.73 Å². The van der Waals surface area contributed by atoms with Gasteiger partial charge in [0.15, 0.2) is 17.7 Å². The average molecular weight is 285 g/mol. The van der Waals surface area contributed by atoms with Crippen molar-refractivity contribution in [2.45, 2.75) is 26.7 Å². The minimum atomic E-state index is -0.318. The number of hydrogen-bond acceptors (Lipinski definition) is 5. The van der Waals surface area contributed by atoms with Gasteiger partial charge in [0.05, 0.1) is 5.69 Å². The molecule has 0 spiro atoms. The Kier molecular flexibility index (Phi) is 3.17. The fraction of sp³-hybridized carbons (Fsp3) is 0.286. The number of amides is 1. The van der Waals surface area contributed by atoms with Crippen molar-refractivity contribution in [3.05, 3.63) is 42.0 Å². The van der Waals surface area contributed by atoms with Gasteiger partial charge >= 0.3 is 0 Å². The zero-order chi connectivity index (χ0) is 15.0. The molecule has 7 heteroatoms. The maximum absolute atomic E-state index is 12.4. The van der Waals surface area contributed by atoms with E-state index in [1.807, 2.05) is 13.8 Å². The molecule has 108 valence electrons. The highest BCUT2D eigenvalue weighted by Gasteiger charge is 2.20. The lowest BCUT2D eigenvalue weighted by Gasteiger charge is -2.06. The van der Waals surface area contributed by atoms with Crippen molar-refractivity contribution in [1.82, 2.24) is 19.6 Å². The van der Waals surface area contributed by atoms with Crippen molar-refractivity contribution in [2.24, 2.45) is 0 Å². The van der Waals surface area contributed by atoms with Crippen molar-refractivity contribution in [2.75, 3.05) is 5.32 Å². The van der Waals surface area contributed by atoms with Crippen LogP contribution < -0.4 is 5.32 Å². The summed E-state index contributed by atoms with van der Waals surface area (Å²) in [6, 6.07) is 3.57. The summed E-state index contributed by atoms with van der Waals surface area (Å²) in [4.78, 5) is 20.7. The van der Waals surface area contributed by atoms with Crippen LogP contribution in [-0.2, 0) is 0 Å². The number of carbonyl (C=O) groups excluding carboxylic acids is 1. The minimum Gasteiger partial charge on any atom is -0.447 e. The van der Waals surface area contributed by atoms with E-state index in [1.165, 1.54) is 6.39 Å². The van der Waals surface area contributed by atoms with E-state index in [0.717, 1.165) is 0 Å². The quantitative estimate of drug-likeness (QED) is 0.798. The van der Waals surface area contributed by atoms with Crippen molar-refractivity contribution in [1.29, 1.82) is 0 Å². The second-order valence-corrected chi connectivity index (χ2v) is 5.02. The highest BCUT2D eigenvalue weighted by molar-refractivity contribution is 6.05. The Labute approximate surface area is 121 Å². The number of aromatic nitrogens is 4. The van der Waals surface area contributed by atoms with E-state index in [9.17, 15) is 4.79 Å². The SMILES string of the molecule is Cc1nc2c(NC(=O)c3ncoc3C(C)C)cccn2n1. The topological polar surface area (TPSA) is 85.3 Å². The van der Waals surface area contributed by atoms with Gasteiger partial charge in [-0.1, -0.05) is 13.8 Å². The summed E-state index contributed by atoms with van der Waals surface area (Å²) in [5.41, 5.74) is 1.47. The Balaban J connectivity index is 1.95. The molecule has 0 saturated heterocycles. The fourth-order valence-electron chi connectivity index (χ4n) is 2.13. The first-order valence-corrected chi connectivity index (χ1v) is 6.63. The molecule has 1 amide bonds. The molecular formula is C14H15N5O2. The van der Waals surface area contributed by atoms with Crippen LogP contribution in [0.2, 0.25) is 0 Å². The normalized spacial score (nSPS) is 11.2. The lowest BCUT2D eigenvalue weighted by molar-refractivity contribution is 0.102. The van der Waals surface area contributed by atoms with E-state index in [1.54, 1.807) is 29.8 Å². The number of nitrogens with zero attached hydrogens (tertiary/aromatic N) is 4. The van der Waals surface area contributed by atoms with Crippen molar-refractivity contribution in [3.8, 4) is 0 Å². The summed E-state index contributed by atoms with van der Waals surface area (Å²) in [6.07, 6.45) is 3.06. The molecule has 0 saturated carbocycles. The van der Waals surface area contributed by atoms with Gasteiger partial charge in [0.2, 0.25) is 0 Å². The molecule has 0 bridgehead atoms. The Hall–Kier alpha value is -2.70. The summed E-state index contributed by atoms with van der Waals surface area (Å²) in [6.45, 7) is 5.69. The maximum atomic E-state index is 12.4. The fourth-order valence-corrected chi connectivity index (χ4v) is 2.13. The van der Waals surface area contributed by atoms with Crippen LogP contribution in [0.4, 0.5) is 5.69 Å². The van der Waals surface area contributed by atoms with Crippen LogP contribution in [0.25, 0.3) is 5.65 Å². The number of oxazole rings is 1. The molecule has 3 aromatic rings. The molecule has 0 aromatic carbocycles. The van der Waals surface area contributed by atoms with Crippen LogP contribution in [0, 0.1) is 6.92 Å². The molecule has 21 heavy (non-hydrogen) atoms. The van der Waals surface area contributed by atoms with E-state index in [2.05, 4.69) is 20.4 Å². The van der Waals surface area contributed by atoms with E-state index < -0.39 is 0 Å². The maximum Gasteiger partial charge on any atom is 0.278 e. The number of fused-ring (bicyclic) bond motifs is 1. The molecule has 0 radical (unpaired) electrons. The Morgan fingerprint density at radius 2 is 2.24 bits per heavy atom. The molecule has 3 aromatic heterocycles. The minimum absolute atomic E-state index is 0.0828. The van der Waals surface area contributed by atoms with Gasteiger partial charge in [-0.15, -0.1) is 0 Å². The summed E-state index contributed by atoms with van der Waals surface area (Å²) in [5, 5.41) is 7.02. The smallest absolute Gasteiger partial charge is 0.278 e. The summed E-state index contributed by atoms with van der Waals surface area (Å²) >= 11 is 0. The first kappa shape index (κ1) is 13.3.